The smallest absolute Gasteiger partial charge is 0.221 e. The van der Waals surface area contributed by atoms with E-state index in [1.807, 2.05) is 38.1 Å². The van der Waals surface area contributed by atoms with Crippen LogP contribution in [-0.2, 0) is 10.2 Å². The molecule has 0 aliphatic carbocycles. The number of benzene rings is 1. The van der Waals surface area contributed by atoms with Crippen LogP contribution >= 0.6 is 0 Å². The van der Waals surface area contributed by atoms with Crippen LogP contribution in [0.4, 0.5) is 0 Å². The summed E-state index contributed by atoms with van der Waals surface area (Å²) in [6.45, 7) is 10.4. The van der Waals surface area contributed by atoms with Gasteiger partial charge in [0.15, 0.2) is 0 Å². The second kappa shape index (κ2) is 6.56. The maximum absolute atomic E-state index is 11.8. The fourth-order valence-electron chi connectivity index (χ4n) is 1.96. The zero-order chi connectivity index (χ0) is 15.3. The van der Waals surface area contributed by atoms with Gasteiger partial charge < -0.3 is 5.32 Å². The number of carbonyl (C=O) groups excluding carboxylic acids is 1. The Labute approximate surface area is 122 Å². The summed E-state index contributed by atoms with van der Waals surface area (Å²) in [5.41, 5.74) is 2.13. The summed E-state index contributed by atoms with van der Waals surface area (Å²) in [5, 5.41) is 12.0. The maximum Gasteiger partial charge on any atom is 0.221 e. The Morgan fingerprint density at radius 1 is 1.25 bits per heavy atom. The van der Waals surface area contributed by atoms with Crippen LogP contribution in [-0.4, -0.2) is 5.91 Å². The van der Waals surface area contributed by atoms with Crippen LogP contribution < -0.4 is 5.32 Å². The van der Waals surface area contributed by atoms with E-state index in [2.05, 4.69) is 32.2 Å². The third-order valence-electron chi connectivity index (χ3n) is 3.14. The van der Waals surface area contributed by atoms with Crippen LogP contribution in [0.1, 0.15) is 58.2 Å². The normalized spacial score (nSPS) is 12.8. The van der Waals surface area contributed by atoms with E-state index in [4.69, 9.17) is 0 Å². The molecule has 1 atom stereocenters. The predicted molar refractivity (Wildman–Crippen MR) is 81.1 cm³/mol. The van der Waals surface area contributed by atoms with Crippen molar-refractivity contribution in [2.24, 2.45) is 5.92 Å². The molecule has 108 valence electrons. The minimum atomic E-state index is -0.574. The van der Waals surface area contributed by atoms with E-state index in [9.17, 15) is 10.1 Å². The third kappa shape index (κ3) is 4.70. The molecule has 0 aliphatic heterocycles. The minimum Gasteiger partial charge on any atom is -0.337 e. The molecule has 1 amide bonds. The molecule has 3 nitrogen and oxygen atoms in total. The van der Waals surface area contributed by atoms with Gasteiger partial charge >= 0.3 is 0 Å². The molecule has 0 fully saturated rings. The Kier molecular flexibility index (Phi) is 5.33. The van der Waals surface area contributed by atoms with Crippen LogP contribution in [0.15, 0.2) is 24.3 Å². The Bertz CT molecular complexity index is 489. The molecule has 1 aromatic rings. The fraction of sp³-hybridized carbons (Fsp3) is 0.529. The molecule has 1 N–H and O–H groups in total. The lowest BCUT2D eigenvalue weighted by Gasteiger charge is -2.20. The predicted octanol–water partition coefficient (Wildman–Crippen LogP) is 3.71. The zero-order valence-electron chi connectivity index (χ0n) is 13.0. The molecule has 0 aromatic heterocycles. The van der Waals surface area contributed by atoms with Crippen LogP contribution in [0.5, 0.6) is 0 Å². The molecule has 0 bridgehead atoms. The van der Waals surface area contributed by atoms with Crippen molar-refractivity contribution in [1.82, 2.24) is 5.32 Å². The summed E-state index contributed by atoms with van der Waals surface area (Å²) in [6, 6.07) is 9.46. The van der Waals surface area contributed by atoms with Crippen molar-refractivity contribution < 1.29 is 4.79 Å². The lowest BCUT2D eigenvalue weighted by Crippen LogP contribution is -2.28. The molecule has 0 saturated carbocycles. The van der Waals surface area contributed by atoms with Gasteiger partial charge in [0, 0.05) is 6.42 Å². The number of nitriles is 1. The first-order chi connectivity index (χ1) is 9.24. The van der Waals surface area contributed by atoms with Crippen molar-refractivity contribution in [2.45, 2.75) is 52.5 Å². The van der Waals surface area contributed by atoms with Gasteiger partial charge in [-0.25, -0.2) is 0 Å². The molecule has 0 heterocycles. The van der Waals surface area contributed by atoms with Crippen molar-refractivity contribution >= 4 is 5.91 Å². The fourth-order valence-corrected chi connectivity index (χ4v) is 1.96. The van der Waals surface area contributed by atoms with Crippen molar-refractivity contribution in [1.29, 1.82) is 5.26 Å². The highest BCUT2D eigenvalue weighted by atomic mass is 16.1. The van der Waals surface area contributed by atoms with Gasteiger partial charge in [-0.05, 0) is 22.5 Å². The topological polar surface area (TPSA) is 52.9 Å². The van der Waals surface area contributed by atoms with E-state index < -0.39 is 6.04 Å². The first-order valence-corrected chi connectivity index (χ1v) is 7.03. The molecule has 1 unspecified atom stereocenters. The van der Waals surface area contributed by atoms with Crippen LogP contribution in [0.25, 0.3) is 0 Å². The van der Waals surface area contributed by atoms with Gasteiger partial charge in [-0.3, -0.25) is 4.79 Å². The highest BCUT2D eigenvalue weighted by molar-refractivity contribution is 5.77. The van der Waals surface area contributed by atoms with Crippen LogP contribution in [0.2, 0.25) is 0 Å². The number of nitrogens with zero attached hydrogens (tertiary/aromatic N) is 1. The maximum atomic E-state index is 11.8. The largest absolute Gasteiger partial charge is 0.337 e. The van der Waals surface area contributed by atoms with Gasteiger partial charge in [0.25, 0.3) is 0 Å². The molecule has 1 rings (SSSR count). The molecular formula is C17H24N2O. The van der Waals surface area contributed by atoms with E-state index in [1.165, 1.54) is 5.56 Å². The average molecular weight is 272 g/mol. The molecule has 0 spiro atoms. The van der Waals surface area contributed by atoms with Crippen molar-refractivity contribution in [3.63, 3.8) is 0 Å². The first kappa shape index (κ1) is 16.2. The summed E-state index contributed by atoms with van der Waals surface area (Å²) in [4.78, 5) is 11.8. The van der Waals surface area contributed by atoms with Crippen LogP contribution in [0.3, 0.4) is 0 Å². The van der Waals surface area contributed by atoms with Gasteiger partial charge in [-0.15, -0.1) is 0 Å². The minimum absolute atomic E-state index is 0.0774. The molecule has 20 heavy (non-hydrogen) atoms. The Balaban J connectivity index is 2.81. The van der Waals surface area contributed by atoms with E-state index in [0.29, 0.717) is 6.42 Å². The number of hydrogen-bond donors (Lipinski definition) is 1. The summed E-state index contributed by atoms with van der Waals surface area (Å²) in [5.74, 6) is 0.212. The van der Waals surface area contributed by atoms with Crippen molar-refractivity contribution in [3.8, 4) is 6.07 Å². The number of hydrogen-bond acceptors (Lipinski definition) is 2. The summed E-state index contributed by atoms with van der Waals surface area (Å²) in [7, 11) is 0. The second-order valence-corrected chi connectivity index (χ2v) is 6.60. The molecule has 0 radical (unpaired) electrons. The van der Waals surface area contributed by atoms with Crippen molar-refractivity contribution in [2.75, 3.05) is 0 Å². The SMILES string of the molecule is CC(C)CC(=O)NC(C#N)c1ccc(C(C)(C)C)cc1. The van der Waals surface area contributed by atoms with Gasteiger partial charge in [0.2, 0.25) is 5.91 Å². The van der Waals surface area contributed by atoms with Gasteiger partial charge in [0.05, 0.1) is 6.07 Å². The van der Waals surface area contributed by atoms with E-state index in [-0.39, 0.29) is 17.2 Å². The molecule has 0 saturated heterocycles. The zero-order valence-corrected chi connectivity index (χ0v) is 13.0. The Morgan fingerprint density at radius 2 is 1.80 bits per heavy atom. The number of rotatable bonds is 4. The summed E-state index contributed by atoms with van der Waals surface area (Å²) >= 11 is 0. The second-order valence-electron chi connectivity index (χ2n) is 6.60. The van der Waals surface area contributed by atoms with Gasteiger partial charge in [-0.2, -0.15) is 5.26 Å². The quantitative estimate of drug-likeness (QED) is 0.908. The van der Waals surface area contributed by atoms with Crippen LogP contribution in [0, 0.1) is 17.2 Å². The highest BCUT2D eigenvalue weighted by Crippen LogP contribution is 2.24. The number of nitrogens with one attached hydrogen (secondary N) is 1. The summed E-state index contributed by atoms with van der Waals surface area (Å²) < 4.78 is 0. The number of carbonyl (C=O) groups is 1. The third-order valence-corrected chi connectivity index (χ3v) is 3.14. The lowest BCUT2D eigenvalue weighted by molar-refractivity contribution is -0.122. The van der Waals surface area contributed by atoms with E-state index >= 15 is 0 Å². The molecule has 0 aliphatic rings. The molecular weight excluding hydrogens is 248 g/mol. The van der Waals surface area contributed by atoms with Gasteiger partial charge in [0.1, 0.15) is 6.04 Å². The van der Waals surface area contributed by atoms with Crippen molar-refractivity contribution in [3.05, 3.63) is 35.4 Å². The van der Waals surface area contributed by atoms with E-state index in [1.54, 1.807) is 0 Å². The average Bonchev–Trinajstić information content (AvgIpc) is 2.34. The standard InChI is InChI=1S/C17H24N2O/c1-12(2)10-16(20)19-15(11-18)13-6-8-14(9-7-13)17(3,4)5/h6-9,12,15H,10H2,1-5H3,(H,19,20). The van der Waals surface area contributed by atoms with E-state index in [0.717, 1.165) is 5.56 Å². The first-order valence-electron chi connectivity index (χ1n) is 7.03. The lowest BCUT2D eigenvalue weighted by atomic mass is 9.86. The summed E-state index contributed by atoms with van der Waals surface area (Å²) in [6.07, 6.45) is 0.443. The Morgan fingerprint density at radius 3 is 2.20 bits per heavy atom. The van der Waals surface area contributed by atoms with Gasteiger partial charge in [-0.1, -0.05) is 58.9 Å². The molecule has 1 aromatic carbocycles. The number of amides is 1. The Hall–Kier alpha value is -1.82. The monoisotopic (exact) mass is 272 g/mol. The highest BCUT2D eigenvalue weighted by Gasteiger charge is 2.17. The molecule has 3 heteroatoms.